The van der Waals surface area contributed by atoms with Crippen molar-refractivity contribution < 1.29 is 9.53 Å². The van der Waals surface area contributed by atoms with Crippen LogP contribution in [0, 0.1) is 5.92 Å². The fourth-order valence-corrected chi connectivity index (χ4v) is 3.61. The average Bonchev–Trinajstić information content (AvgIpc) is 3.09. The van der Waals surface area contributed by atoms with Gasteiger partial charge in [-0.25, -0.2) is 4.98 Å². The maximum Gasteiger partial charge on any atom is 0.224 e. The van der Waals surface area contributed by atoms with Crippen molar-refractivity contribution in [3.8, 4) is 5.75 Å². The number of ether oxygens (including phenoxy) is 1. The second kappa shape index (κ2) is 7.24. The number of carbonyl (C=O) groups excluding carboxylic acids is 1. The van der Waals surface area contributed by atoms with Crippen LogP contribution in [0.3, 0.4) is 0 Å². The van der Waals surface area contributed by atoms with Gasteiger partial charge in [-0.2, -0.15) is 0 Å². The van der Waals surface area contributed by atoms with Gasteiger partial charge in [0.1, 0.15) is 11.6 Å². The van der Waals surface area contributed by atoms with Crippen LogP contribution >= 0.6 is 0 Å². The molecular weight excluding hydrogens is 302 g/mol. The SMILES string of the molecule is CCCc1nc2ccc(OC)cc2n1CN1CC(CCC)CC1=O. The average molecular weight is 329 g/mol. The number of fused-ring (bicyclic) bond motifs is 1. The Labute approximate surface area is 143 Å². The molecule has 1 amide bonds. The molecule has 0 saturated carbocycles. The van der Waals surface area contributed by atoms with Crippen molar-refractivity contribution in [2.24, 2.45) is 5.92 Å². The lowest BCUT2D eigenvalue weighted by atomic mass is 10.0. The van der Waals surface area contributed by atoms with Crippen molar-refractivity contribution in [1.29, 1.82) is 0 Å². The highest BCUT2D eigenvalue weighted by Gasteiger charge is 2.29. The zero-order valence-corrected chi connectivity index (χ0v) is 14.9. The van der Waals surface area contributed by atoms with Crippen LogP contribution in [0.1, 0.15) is 45.4 Å². The minimum Gasteiger partial charge on any atom is -0.497 e. The quantitative estimate of drug-likeness (QED) is 0.780. The number of rotatable bonds is 7. The van der Waals surface area contributed by atoms with E-state index in [9.17, 15) is 4.79 Å². The number of hydrogen-bond acceptors (Lipinski definition) is 3. The topological polar surface area (TPSA) is 47.4 Å². The molecule has 0 N–H and O–H groups in total. The second-order valence-corrected chi connectivity index (χ2v) is 6.68. The molecule has 1 fully saturated rings. The molecule has 0 aliphatic carbocycles. The molecule has 1 atom stereocenters. The van der Waals surface area contributed by atoms with Crippen molar-refractivity contribution in [3.05, 3.63) is 24.0 Å². The van der Waals surface area contributed by atoms with Gasteiger partial charge in [0.15, 0.2) is 0 Å². The fraction of sp³-hybridized carbons (Fsp3) is 0.579. The van der Waals surface area contributed by atoms with Gasteiger partial charge in [0.2, 0.25) is 5.91 Å². The zero-order valence-electron chi connectivity index (χ0n) is 14.9. The van der Waals surface area contributed by atoms with Gasteiger partial charge < -0.3 is 14.2 Å². The van der Waals surface area contributed by atoms with Crippen molar-refractivity contribution in [2.45, 2.75) is 52.6 Å². The Morgan fingerprint density at radius 3 is 2.83 bits per heavy atom. The van der Waals surface area contributed by atoms with Crippen LogP contribution < -0.4 is 4.74 Å². The van der Waals surface area contributed by atoms with Crippen LogP contribution in [-0.4, -0.2) is 34.0 Å². The first-order valence-electron chi connectivity index (χ1n) is 8.97. The summed E-state index contributed by atoms with van der Waals surface area (Å²) in [6, 6.07) is 5.95. The second-order valence-electron chi connectivity index (χ2n) is 6.68. The number of benzene rings is 1. The lowest BCUT2D eigenvalue weighted by Crippen LogP contribution is -2.28. The third-order valence-electron chi connectivity index (χ3n) is 4.81. The summed E-state index contributed by atoms with van der Waals surface area (Å²) in [6.45, 7) is 5.80. The van der Waals surface area contributed by atoms with E-state index in [0.29, 0.717) is 19.0 Å². The molecule has 1 aliphatic heterocycles. The summed E-state index contributed by atoms with van der Waals surface area (Å²) < 4.78 is 7.55. The van der Waals surface area contributed by atoms with Gasteiger partial charge in [-0.3, -0.25) is 4.79 Å². The molecule has 24 heavy (non-hydrogen) atoms. The summed E-state index contributed by atoms with van der Waals surface area (Å²) in [5, 5.41) is 0. The normalized spacial score (nSPS) is 17.9. The van der Waals surface area contributed by atoms with E-state index in [1.807, 2.05) is 23.1 Å². The van der Waals surface area contributed by atoms with Gasteiger partial charge in [-0.05, 0) is 30.9 Å². The predicted octanol–water partition coefficient (Wildman–Crippen LogP) is 3.60. The van der Waals surface area contributed by atoms with E-state index in [-0.39, 0.29) is 5.91 Å². The summed E-state index contributed by atoms with van der Waals surface area (Å²) in [5.41, 5.74) is 2.01. The van der Waals surface area contributed by atoms with Crippen molar-refractivity contribution in [1.82, 2.24) is 14.5 Å². The van der Waals surface area contributed by atoms with Crippen molar-refractivity contribution in [2.75, 3.05) is 13.7 Å². The minimum absolute atomic E-state index is 0.264. The van der Waals surface area contributed by atoms with Gasteiger partial charge in [0.25, 0.3) is 0 Å². The number of hydrogen-bond donors (Lipinski definition) is 0. The summed E-state index contributed by atoms with van der Waals surface area (Å²) in [4.78, 5) is 19.1. The Morgan fingerprint density at radius 1 is 1.29 bits per heavy atom. The number of nitrogens with zero attached hydrogens (tertiary/aromatic N) is 3. The number of aromatic nitrogens is 2. The van der Waals surface area contributed by atoms with Gasteiger partial charge in [-0.1, -0.05) is 20.3 Å². The highest BCUT2D eigenvalue weighted by Crippen LogP contribution is 2.26. The maximum absolute atomic E-state index is 12.4. The molecule has 1 unspecified atom stereocenters. The molecule has 1 aromatic carbocycles. The molecule has 5 nitrogen and oxygen atoms in total. The van der Waals surface area contributed by atoms with E-state index in [1.54, 1.807) is 7.11 Å². The predicted molar refractivity (Wildman–Crippen MR) is 95.0 cm³/mol. The molecule has 1 saturated heterocycles. The van der Waals surface area contributed by atoms with Crippen molar-refractivity contribution >= 4 is 16.9 Å². The van der Waals surface area contributed by atoms with E-state index in [1.165, 1.54) is 0 Å². The van der Waals surface area contributed by atoms with Crippen LogP contribution in [0.15, 0.2) is 18.2 Å². The van der Waals surface area contributed by atoms with Crippen LogP contribution in [0.25, 0.3) is 11.0 Å². The van der Waals surface area contributed by atoms with E-state index in [4.69, 9.17) is 9.72 Å². The molecule has 1 aliphatic rings. The number of likely N-dealkylation sites (tertiary alicyclic amines) is 1. The number of amides is 1. The molecule has 2 heterocycles. The molecule has 0 radical (unpaired) electrons. The van der Waals surface area contributed by atoms with Crippen LogP contribution in [0.5, 0.6) is 5.75 Å². The monoisotopic (exact) mass is 329 g/mol. The zero-order chi connectivity index (χ0) is 17.1. The molecular formula is C19H27N3O2. The standard InChI is InChI=1S/C19H27N3O2/c1-4-6-14-10-19(23)21(12-14)13-22-17-11-15(24-3)8-9-16(17)20-18(22)7-5-2/h8-9,11,14H,4-7,10,12-13H2,1-3H3. The fourth-order valence-electron chi connectivity index (χ4n) is 3.61. The number of methoxy groups -OCH3 is 1. The first-order chi connectivity index (χ1) is 11.7. The summed E-state index contributed by atoms with van der Waals surface area (Å²) in [5.74, 6) is 2.64. The summed E-state index contributed by atoms with van der Waals surface area (Å²) in [6.07, 6.45) is 4.90. The van der Waals surface area contributed by atoms with Crippen LogP contribution in [0.2, 0.25) is 0 Å². The van der Waals surface area contributed by atoms with E-state index in [2.05, 4.69) is 18.4 Å². The van der Waals surface area contributed by atoms with E-state index >= 15 is 0 Å². The third kappa shape index (κ3) is 3.25. The molecule has 5 heteroatoms. The number of aryl methyl sites for hydroxylation is 1. The maximum atomic E-state index is 12.4. The Bertz CT molecular complexity index is 723. The van der Waals surface area contributed by atoms with E-state index < -0.39 is 0 Å². The summed E-state index contributed by atoms with van der Waals surface area (Å²) >= 11 is 0. The van der Waals surface area contributed by atoms with E-state index in [0.717, 1.165) is 54.8 Å². The lowest BCUT2D eigenvalue weighted by molar-refractivity contribution is -0.129. The molecule has 3 rings (SSSR count). The Hall–Kier alpha value is -2.04. The Morgan fingerprint density at radius 2 is 2.12 bits per heavy atom. The number of carbonyl (C=O) groups is 1. The largest absolute Gasteiger partial charge is 0.497 e. The Kier molecular flexibility index (Phi) is 5.07. The first-order valence-corrected chi connectivity index (χ1v) is 8.97. The lowest BCUT2D eigenvalue weighted by Gasteiger charge is -2.19. The van der Waals surface area contributed by atoms with Crippen LogP contribution in [-0.2, 0) is 17.9 Å². The van der Waals surface area contributed by atoms with Gasteiger partial charge in [0.05, 0.1) is 24.8 Å². The van der Waals surface area contributed by atoms with Gasteiger partial charge in [-0.15, -0.1) is 0 Å². The molecule has 2 aromatic rings. The van der Waals surface area contributed by atoms with Crippen LogP contribution in [0.4, 0.5) is 0 Å². The highest BCUT2D eigenvalue weighted by atomic mass is 16.5. The van der Waals surface area contributed by atoms with Gasteiger partial charge >= 0.3 is 0 Å². The summed E-state index contributed by atoms with van der Waals surface area (Å²) in [7, 11) is 1.67. The minimum atomic E-state index is 0.264. The number of imidazole rings is 1. The van der Waals surface area contributed by atoms with Crippen molar-refractivity contribution in [3.63, 3.8) is 0 Å². The molecule has 0 bridgehead atoms. The third-order valence-corrected chi connectivity index (χ3v) is 4.81. The Balaban J connectivity index is 1.92. The van der Waals surface area contributed by atoms with Gasteiger partial charge in [0, 0.05) is 25.5 Å². The first kappa shape index (κ1) is 16.8. The smallest absolute Gasteiger partial charge is 0.224 e. The highest BCUT2D eigenvalue weighted by molar-refractivity contribution is 5.80. The molecule has 0 spiro atoms. The molecule has 1 aromatic heterocycles. The molecule has 130 valence electrons.